The van der Waals surface area contributed by atoms with E-state index >= 15 is 0 Å². The molecule has 1 aliphatic rings. The van der Waals surface area contributed by atoms with Gasteiger partial charge in [0, 0.05) is 48.5 Å². The van der Waals surface area contributed by atoms with Crippen molar-refractivity contribution in [2.24, 2.45) is 4.99 Å². The number of aliphatic imine (C=N–C) groups is 1. The van der Waals surface area contributed by atoms with Crippen molar-refractivity contribution in [3.8, 4) is 5.75 Å². The van der Waals surface area contributed by atoms with Crippen LogP contribution < -0.4 is 15.4 Å². The first kappa shape index (κ1) is 25.6. The van der Waals surface area contributed by atoms with Crippen molar-refractivity contribution in [1.29, 1.82) is 0 Å². The molecule has 0 aliphatic carbocycles. The van der Waals surface area contributed by atoms with Gasteiger partial charge in [0.15, 0.2) is 5.96 Å². The fraction of sp³-hybridized carbons (Fsp3) is 0.435. The molecule has 1 fully saturated rings. The summed E-state index contributed by atoms with van der Waals surface area (Å²) in [5.74, 6) is 1.64. The number of halogens is 1. The number of morpholine rings is 1. The number of nitrogens with zero attached hydrogens (tertiary/aromatic N) is 2. The second kappa shape index (κ2) is 13.7. The SMILES string of the molecule is C=CCOc1ccccc1CNC(=NC)NCC(c1ccc(C)s1)N1CCOCC1.I. The third-order valence-electron chi connectivity index (χ3n) is 5.04. The monoisotopic (exact) mass is 556 g/mol. The van der Waals surface area contributed by atoms with Crippen LogP contribution in [0.15, 0.2) is 54.0 Å². The molecule has 8 heteroatoms. The molecule has 3 rings (SSSR count). The van der Waals surface area contributed by atoms with Gasteiger partial charge in [-0.05, 0) is 25.1 Å². The number of benzene rings is 1. The van der Waals surface area contributed by atoms with Gasteiger partial charge in [-0.2, -0.15) is 0 Å². The Morgan fingerprint density at radius 3 is 2.71 bits per heavy atom. The highest BCUT2D eigenvalue weighted by atomic mass is 127. The van der Waals surface area contributed by atoms with Crippen LogP contribution in [0.1, 0.15) is 21.4 Å². The Balaban J connectivity index is 0.00000341. The molecule has 0 amide bonds. The first-order valence-corrected chi connectivity index (χ1v) is 11.2. The highest BCUT2D eigenvalue weighted by Gasteiger charge is 2.24. The standard InChI is InChI=1S/C23H32N4O2S.HI/c1-4-13-29-21-8-6-5-7-19(21)16-25-23(24-3)26-17-20(22-10-9-18(2)30-22)27-11-14-28-15-12-27;/h4-10,20H,1,11-17H2,2-3H3,(H2,24,25,26);1H. The number of rotatable bonds is 9. The zero-order chi connectivity index (χ0) is 21.2. The van der Waals surface area contributed by atoms with E-state index in [1.807, 2.05) is 29.5 Å². The normalized spacial score (nSPS) is 15.6. The molecule has 0 spiro atoms. The molecule has 1 atom stereocenters. The molecule has 2 aromatic rings. The minimum absolute atomic E-state index is 0. The quantitative estimate of drug-likeness (QED) is 0.212. The third kappa shape index (κ3) is 7.78. The Bertz CT molecular complexity index is 836. The van der Waals surface area contributed by atoms with E-state index in [-0.39, 0.29) is 24.0 Å². The van der Waals surface area contributed by atoms with Crippen LogP contribution in [-0.2, 0) is 11.3 Å². The molecule has 0 bridgehead atoms. The number of thiophene rings is 1. The Hall–Kier alpha value is -1.62. The fourth-order valence-corrected chi connectivity index (χ4v) is 4.48. The Morgan fingerprint density at radius 1 is 1.26 bits per heavy atom. The van der Waals surface area contributed by atoms with Crippen LogP contribution in [-0.4, -0.2) is 57.4 Å². The predicted octanol–water partition coefficient (Wildman–Crippen LogP) is 3.98. The molecule has 170 valence electrons. The molecule has 1 aliphatic heterocycles. The van der Waals surface area contributed by atoms with Crippen LogP contribution in [0.5, 0.6) is 5.75 Å². The molecular weight excluding hydrogens is 523 g/mol. The van der Waals surface area contributed by atoms with E-state index < -0.39 is 0 Å². The number of hydrogen-bond donors (Lipinski definition) is 2. The van der Waals surface area contributed by atoms with Crippen LogP contribution in [0.4, 0.5) is 0 Å². The van der Waals surface area contributed by atoms with Crippen molar-refractivity contribution in [3.05, 3.63) is 64.4 Å². The molecule has 1 aromatic carbocycles. The average Bonchev–Trinajstić information content (AvgIpc) is 3.21. The van der Waals surface area contributed by atoms with Crippen LogP contribution in [0.2, 0.25) is 0 Å². The highest BCUT2D eigenvalue weighted by Crippen LogP contribution is 2.28. The van der Waals surface area contributed by atoms with Crippen molar-refractivity contribution in [2.45, 2.75) is 19.5 Å². The lowest BCUT2D eigenvalue weighted by molar-refractivity contribution is 0.0177. The molecule has 2 N–H and O–H groups in total. The van der Waals surface area contributed by atoms with Crippen molar-refractivity contribution in [3.63, 3.8) is 0 Å². The lowest BCUT2D eigenvalue weighted by atomic mass is 10.2. The van der Waals surface area contributed by atoms with Gasteiger partial charge < -0.3 is 20.1 Å². The number of hydrogen-bond acceptors (Lipinski definition) is 5. The molecule has 2 heterocycles. The second-order valence-electron chi connectivity index (χ2n) is 7.13. The number of aryl methyl sites for hydroxylation is 1. The smallest absolute Gasteiger partial charge is 0.191 e. The van der Waals surface area contributed by atoms with Crippen LogP contribution >= 0.6 is 35.3 Å². The molecule has 6 nitrogen and oxygen atoms in total. The predicted molar refractivity (Wildman–Crippen MR) is 140 cm³/mol. The van der Waals surface area contributed by atoms with E-state index in [4.69, 9.17) is 9.47 Å². The zero-order valence-corrected chi connectivity index (χ0v) is 21.4. The summed E-state index contributed by atoms with van der Waals surface area (Å²) in [7, 11) is 1.80. The van der Waals surface area contributed by atoms with E-state index in [1.54, 1.807) is 13.1 Å². The van der Waals surface area contributed by atoms with Gasteiger partial charge in [0.1, 0.15) is 12.4 Å². The van der Waals surface area contributed by atoms with Gasteiger partial charge in [0.05, 0.1) is 19.3 Å². The summed E-state index contributed by atoms with van der Waals surface area (Å²) in [6.07, 6.45) is 1.75. The molecular formula is C23H33IN4O2S. The van der Waals surface area contributed by atoms with E-state index in [0.29, 0.717) is 19.2 Å². The van der Waals surface area contributed by atoms with Gasteiger partial charge in [0.25, 0.3) is 0 Å². The lowest BCUT2D eigenvalue weighted by Gasteiger charge is -2.34. The fourth-order valence-electron chi connectivity index (χ4n) is 3.46. The van der Waals surface area contributed by atoms with E-state index in [9.17, 15) is 0 Å². The van der Waals surface area contributed by atoms with Gasteiger partial charge in [-0.25, -0.2) is 0 Å². The number of para-hydroxylation sites is 1. The van der Waals surface area contributed by atoms with Gasteiger partial charge in [-0.3, -0.25) is 9.89 Å². The van der Waals surface area contributed by atoms with Gasteiger partial charge in [0.2, 0.25) is 0 Å². The molecule has 31 heavy (non-hydrogen) atoms. The molecule has 0 radical (unpaired) electrons. The number of ether oxygens (including phenoxy) is 2. The van der Waals surface area contributed by atoms with Gasteiger partial charge in [-0.1, -0.05) is 30.9 Å². The average molecular weight is 557 g/mol. The van der Waals surface area contributed by atoms with Crippen LogP contribution in [0.3, 0.4) is 0 Å². The molecule has 1 saturated heterocycles. The van der Waals surface area contributed by atoms with Crippen molar-refractivity contribution >= 4 is 41.3 Å². The minimum atomic E-state index is 0. The van der Waals surface area contributed by atoms with Crippen molar-refractivity contribution in [1.82, 2.24) is 15.5 Å². The number of guanidine groups is 1. The maximum absolute atomic E-state index is 5.75. The van der Waals surface area contributed by atoms with E-state index in [0.717, 1.165) is 50.1 Å². The molecule has 0 saturated carbocycles. The van der Waals surface area contributed by atoms with Gasteiger partial charge >= 0.3 is 0 Å². The summed E-state index contributed by atoms with van der Waals surface area (Å²) in [6.45, 7) is 11.3. The second-order valence-corrected chi connectivity index (χ2v) is 8.45. The minimum Gasteiger partial charge on any atom is -0.489 e. The topological polar surface area (TPSA) is 58.1 Å². The summed E-state index contributed by atoms with van der Waals surface area (Å²) in [6, 6.07) is 12.8. The Kier molecular flexibility index (Phi) is 11.3. The third-order valence-corrected chi connectivity index (χ3v) is 6.14. The summed E-state index contributed by atoms with van der Waals surface area (Å²) >= 11 is 1.86. The van der Waals surface area contributed by atoms with E-state index in [2.05, 4.69) is 52.2 Å². The van der Waals surface area contributed by atoms with Gasteiger partial charge in [-0.15, -0.1) is 35.3 Å². The summed E-state index contributed by atoms with van der Waals surface area (Å²) in [5, 5.41) is 6.92. The number of nitrogens with one attached hydrogen (secondary N) is 2. The van der Waals surface area contributed by atoms with E-state index in [1.165, 1.54) is 9.75 Å². The van der Waals surface area contributed by atoms with Crippen LogP contribution in [0.25, 0.3) is 0 Å². The summed E-state index contributed by atoms with van der Waals surface area (Å²) in [5.41, 5.74) is 1.08. The first-order chi connectivity index (χ1) is 14.7. The Morgan fingerprint density at radius 2 is 2.03 bits per heavy atom. The summed E-state index contributed by atoms with van der Waals surface area (Å²) < 4.78 is 11.3. The molecule has 1 aromatic heterocycles. The lowest BCUT2D eigenvalue weighted by Crippen LogP contribution is -2.46. The van der Waals surface area contributed by atoms with Crippen LogP contribution in [0, 0.1) is 6.92 Å². The first-order valence-electron chi connectivity index (χ1n) is 10.4. The highest BCUT2D eigenvalue weighted by molar-refractivity contribution is 14.0. The van der Waals surface area contributed by atoms with Crippen molar-refractivity contribution < 1.29 is 9.47 Å². The maximum atomic E-state index is 5.75. The summed E-state index contributed by atoms with van der Waals surface area (Å²) in [4.78, 5) is 9.61. The largest absolute Gasteiger partial charge is 0.489 e. The maximum Gasteiger partial charge on any atom is 0.191 e. The Labute approximate surface area is 206 Å². The zero-order valence-electron chi connectivity index (χ0n) is 18.3. The van der Waals surface area contributed by atoms with Crippen molar-refractivity contribution in [2.75, 3.05) is 46.5 Å². The molecule has 1 unspecified atom stereocenters.